The molecule has 1 heterocycles. The van der Waals surface area contributed by atoms with Gasteiger partial charge in [-0.3, -0.25) is 9.36 Å². The van der Waals surface area contributed by atoms with Gasteiger partial charge in [-0.05, 0) is 54.1 Å². The number of benzene rings is 4. The molecule has 0 bridgehead atoms. The normalized spacial score (nSPS) is 11.0. The standard InChI is InChI=1S/C30H24ClN5O2S/c31-25-17-15-23(16-18-25)29-34-35-30(36(29)26-12-5-2-6-13-26)39-21-28(37)33-32-19-24-11-7-8-14-27(24)38-20-22-9-3-1-4-10-22/h1-19H,20-21H2,(H,33,37)/b32-19-. The van der Waals surface area contributed by atoms with E-state index in [1.807, 2.05) is 114 Å². The Labute approximate surface area is 235 Å². The van der Waals surface area contributed by atoms with Crippen LogP contribution in [-0.4, -0.2) is 32.6 Å². The Bertz CT molecular complexity index is 1560. The summed E-state index contributed by atoms with van der Waals surface area (Å²) < 4.78 is 7.87. The number of carbonyl (C=O) groups is 1. The van der Waals surface area contributed by atoms with Crippen molar-refractivity contribution in [1.29, 1.82) is 0 Å². The maximum Gasteiger partial charge on any atom is 0.250 e. The zero-order valence-electron chi connectivity index (χ0n) is 20.8. The van der Waals surface area contributed by atoms with E-state index in [4.69, 9.17) is 16.3 Å². The maximum absolute atomic E-state index is 12.6. The van der Waals surface area contributed by atoms with Gasteiger partial charge >= 0.3 is 0 Å². The molecule has 0 radical (unpaired) electrons. The molecule has 0 saturated carbocycles. The zero-order chi connectivity index (χ0) is 26.9. The third kappa shape index (κ3) is 6.93. The van der Waals surface area contributed by atoms with Gasteiger partial charge in [-0.25, -0.2) is 5.43 Å². The molecule has 5 rings (SSSR count). The summed E-state index contributed by atoms with van der Waals surface area (Å²) in [5.41, 5.74) is 6.17. The van der Waals surface area contributed by atoms with Crippen molar-refractivity contribution in [3.8, 4) is 22.8 Å². The molecule has 1 amide bonds. The van der Waals surface area contributed by atoms with Crippen molar-refractivity contribution in [3.05, 3.63) is 125 Å². The van der Waals surface area contributed by atoms with Crippen LogP contribution in [0, 0.1) is 0 Å². The molecule has 0 fully saturated rings. The maximum atomic E-state index is 12.6. The quantitative estimate of drug-likeness (QED) is 0.123. The first-order valence-electron chi connectivity index (χ1n) is 12.1. The Morgan fingerprint density at radius 3 is 2.36 bits per heavy atom. The molecule has 39 heavy (non-hydrogen) atoms. The molecule has 5 aromatic rings. The largest absolute Gasteiger partial charge is 0.488 e. The number of nitrogens with zero attached hydrogens (tertiary/aromatic N) is 4. The smallest absolute Gasteiger partial charge is 0.250 e. The van der Waals surface area contributed by atoms with Crippen molar-refractivity contribution in [2.45, 2.75) is 11.8 Å². The lowest BCUT2D eigenvalue weighted by atomic mass is 10.2. The van der Waals surface area contributed by atoms with Gasteiger partial charge < -0.3 is 4.74 Å². The number of halogens is 1. The molecule has 0 aliphatic rings. The molecule has 1 aromatic heterocycles. The Kier molecular flexibility index (Phi) is 8.68. The van der Waals surface area contributed by atoms with Crippen molar-refractivity contribution in [2.75, 3.05) is 5.75 Å². The number of rotatable bonds is 10. The van der Waals surface area contributed by atoms with Crippen LogP contribution in [0.4, 0.5) is 0 Å². The molecule has 0 spiro atoms. The van der Waals surface area contributed by atoms with Crippen LogP contribution in [0.2, 0.25) is 5.02 Å². The third-order valence-corrected chi connectivity index (χ3v) is 6.81. The molecule has 0 unspecified atom stereocenters. The Balaban J connectivity index is 1.24. The van der Waals surface area contributed by atoms with Crippen molar-refractivity contribution < 1.29 is 9.53 Å². The molecule has 0 aliphatic carbocycles. The highest BCUT2D eigenvalue weighted by Crippen LogP contribution is 2.28. The van der Waals surface area contributed by atoms with E-state index < -0.39 is 0 Å². The van der Waals surface area contributed by atoms with E-state index >= 15 is 0 Å². The average Bonchev–Trinajstić information content (AvgIpc) is 3.41. The van der Waals surface area contributed by atoms with Crippen LogP contribution in [0.25, 0.3) is 17.1 Å². The lowest BCUT2D eigenvalue weighted by Gasteiger charge is -2.10. The summed E-state index contributed by atoms with van der Waals surface area (Å²) >= 11 is 7.34. The summed E-state index contributed by atoms with van der Waals surface area (Å²) in [6, 6.07) is 34.6. The molecule has 0 aliphatic heterocycles. The summed E-state index contributed by atoms with van der Waals surface area (Å²) in [4.78, 5) is 12.6. The minimum Gasteiger partial charge on any atom is -0.488 e. The van der Waals surface area contributed by atoms with Crippen LogP contribution >= 0.6 is 23.4 Å². The van der Waals surface area contributed by atoms with Gasteiger partial charge in [-0.1, -0.05) is 84.0 Å². The molecular weight excluding hydrogens is 530 g/mol. The molecule has 0 atom stereocenters. The highest BCUT2D eigenvalue weighted by Gasteiger charge is 2.17. The SMILES string of the molecule is O=C(CSc1nnc(-c2ccc(Cl)cc2)n1-c1ccccc1)N/N=C\c1ccccc1OCc1ccccc1. The number of carbonyl (C=O) groups excluding carboxylic acids is 1. The van der Waals surface area contributed by atoms with E-state index in [1.54, 1.807) is 6.21 Å². The molecule has 0 saturated heterocycles. The second kappa shape index (κ2) is 12.9. The number of para-hydroxylation sites is 2. The summed E-state index contributed by atoms with van der Waals surface area (Å²) in [5.74, 6) is 1.18. The number of amides is 1. The number of hydrazone groups is 1. The molecule has 4 aromatic carbocycles. The minimum absolute atomic E-state index is 0.106. The van der Waals surface area contributed by atoms with Crippen molar-refractivity contribution in [2.24, 2.45) is 5.10 Å². The first kappa shape index (κ1) is 26.2. The van der Waals surface area contributed by atoms with Gasteiger partial charge in [0.2, 0.25) is 0 Å². The minimum atomic E-state index is -0.269. The van der Waals surface area contributed by atoms with Gasteiger partial charge in [0.1, 0.15) is 12.4 Å². The summed E-state index contributed by atoms with van der Waals surface area (Å²) in [6.07, 6.45) is 1.58. The highest BCUT2D eigenvalue weighted by molar-refractivity contribution is 7.99. The van der Waals surface area contributed by atoms with E-state index in [9.17, 15) is 4.79 Å². The van der Waals surface area contributed by atoms with Gasteiger partial charge in [-0.15, -0.1) is 10.2 Å². The topological polar surface area (TPSA) is 81.4 Å². The van der Waals surface area contributed by atoms with Gasteiger partial charge in [0, 0.05) is 21.8 Å². The van der Waals surface area contributed by atoms with Crippen molar-refractivity contribution in [3.63, 3.8) is 0 Å². The molecule has 9 heteroatoms. The fraction of sp³-hybridized carbons (Fsp3) is 0.0667. The molecule has 194 valence electrons. The van der Waals surface area contributed by atoms with E-state index in [1.165, 1.54) is 11.8 Å². The van der Waals surface area contributed by atoms with Gasteiger partial charge in [0.05, 0.1) is 12.0 Å². The number of thioether (sulfide) groups is 1. The fourth-order valence-electron chi connectivity index (χ4n) is 3.75. The predicted molar refractivity (Wildman–Crippen MR) is 155 cm³/mol. The number of ether oxygens (including phenoxy) is 1. The molecule has 1 N–H and O–H groups in total. The van der Waals surface area contributed by atoms with Crippen LogP contribution in [0.5, 0.6) is 5.75 Å². The Morgan fingerprint density at radius 2 is 1.59 bits per heavy atom. The lowest BCUT2D eigenvalue weighted by molar-refractivity contribution is -0.118. The van der Waals surface area contributed by atoms with Crippen LogP contribution in [-0.2, 0) is 11.4 Å². The Hall–Kier alpha value is -4.40. The second-order valence-electron chi connectivity index (χ2n) is 8.38. The lowest BCUT2D eigenvalue weighted by Crippen LogP contribution is -2.20. The van der Waals surface area contributed by atoms with Crippen molar-refractivity contribution in [1.82, 2.24) is 20.2 Å². The van der Waals surface area contributed by atoms with E-state index in [0.717, 1.165) is 22.4 Å². The van der Waals surface area contributed by atoms with Gasteiger partial charge in [0.25, 0.3) is 5.91 Å². The van der Waals surface area contributed by atoms with Gasteiger partial charge in [-0.2, -0.15) is 5.10 Å². The number of hydrogen-bond acceptors (Lipinski definition) is 6. The second-order valence-corrected chi connectivity index (χ2v) is 9.76. The summed E-state index contributed by atoms with van der Waals surface area (Å²) in [7, 11) is 0. The zero-order valence-corrected chi connectivity index (χ0v) is 22.3. The van der Waals surface area contributed by atoms with Gasteiger partial charge in [0.15, 0.2) is 11.0 Å². The monoisotopic (exact) mass is 553 g/mol. The molecule has 7 nitrogen and oxygen atoms in total. The summed E-state index contributed by atoms with van der Waals surface area (Å²) in [6.45, 7) is 0.439. The number of hydrogen-bond donors (Lipinski definition) is 1. The van der Waals surface area contributed by atoms with Crippen LogP contribution < -0.4 is 10.2 Å². The number of aromatic nitrogens is 3. The average molecular weight is 554 g/mol. The first-order chi connectivity index (χ1) is 19.2. The van der Waals surface area contributed by atoms with Crippen LogP contribution in [0.3, 0.4) is 0 Å². The number of nitrogens with one attached hydrogen (secondary N) is 1. The van der Waals surface area contributed by atoms with Crippen LogP contribution in [0.15, 0.2) is 119 Å². The molecular formula is C30H24ClN5O2S. The van der Waals surface area contributed by atoms with Crippen LogP contribution in [0.1, 0.15) is 11.1 Å². The predicted octanol–water partition coefficient (Wildman–Crippen LogP) is 6.41. The van der Waals surface area contributed by atoms with E-state index in [0.29, 0.717) is 28.4 Å². The third-order valence-electron chi connectivity index (χ3n) is 5.63. The fourth-order valence-corrected chi connectivity index (χ4v) is 4.62. The first-order valence-corrected chi connectivity index (χ1v) is 13.5. The highest BCUT2D eigenvalue weighted by atomic mass is 35.5. The summed E-state index contributed by atoms with van der Waals surface area (Å²) in [5, 5.41) is 14.1. The van der Waals surface area contributed by atoms with E-state index in [2.05, 4.69) is 20.7 Å². The van der Waals surface area contributed by atoms with Crippen molar-refractivity contribution >= 4 is 35.5 Å². The Morgan fingerprint density at radius 1 is 0.897 bits per heavy atom. The van der Waals surface area contributed by atoms with E-state index in [-0.39, 0.29) is 11.7 Å².